The van der Waals surface area contributed by atoms with Gasteiger partial charge in [0.1, 0.15) is 69.9 Å². The summed E-state index contributed by atoms with van der Waals surface area (Å²) in [6.07, 6.45) is -7.22. The quantitative estimate of drug-likeness (QED) is 0.0211. The normalized spacial score (nSPS) is 11.5. The van der Waals surface area contributed by atoms with E-state index >= 15 is 35.1 Å². The van der Waals surface area contributed by atoms with E-state index in [1.165, 1.54) is 35.4 Å². The van der Waals surface area contributed by atoms with Gasteiger partial charge in [0.15, 0.2) is 69.8 Å². The predicted molar refractivity (Wildman–Crippen MR) is 194 cm³/mol. The molecule has 344 valence electrons. The highest BCUT2D eigenvalue weighted by Gasteiger charge is 2.52. The number of hydrogen-bond acceptors (Lipinski definition) is 2. The summed E-state index contributed by atoms with van der Waals surface area (Å²) >= 11 is 1.38. The minimum atomic E-state index is -7.22. The summed E-state index contributed by atoms with van der Waals surface area (Å²) in [5, 5.41) is 0. The standard InChI is InChI=1S/C24BF20.C17H18O2S/c26-5-1(6(27)14(35)21(42)13(5)34)25(2-7(28)15(36)22(43)16(37)8(2)29,3-9(30)17(38)23(44)18(39)10(3)31)4-11(32)19(40)24(45)20(41)12(4)33;1-13-5-3-4-6-16(13)12-20-11-15-7-9-17(10-8-15)19-14(2)18/h;3-10H,11-12H2,1-2H3/q-1;/p+1. The lowest BCUT2D eigenvalue weighted by atomic mass is 9.12. The van der Waals surface area contributed by atoms with Crippen molar-refractivity contribution in [3.8, 4) is 5.75 Å². The molecule has 0 saturated carbocycles. The van der Waals surface area contributed by atoms with E-state index in [2.05, 4.69) is 31.2 Å². The first-order chi connectivity index (χ1) is 30.3. The number of aryl methyl sites for hydroxylation is 1. The zero-order valence-corrected chi connectivity index (χ0v) is 32.8. The Morgan fingerprint density at radius 3 is 0.969 bits per heavy atom. The largest absolute Gasteiger partial charge is 0.427 e. The van der Waals surface area contributed by atoms with Crippen LogP contribution in [0.5, 0.6) is 5.75 Å². The van der Waals surface area contributed by atoms with Gasteiger partial charge in [0.2, 0.25) is 0 Å². The maximum Gasteiger partial charge on any atom is 0.308 e. The van der Waals surface area contributed by atoms with Crippen LogP contribution in [0, 0.1) is 123 Å². The molecule has 0 unspecified atom stereocenters. The molecule has 0 atom stereocenters. The van der Waals surface area contributed by atoms with Crippen molar-refractivity contribution in [2.45, 2.75) is 25.4 Å². The van der Waals surface area contributed by atoms with Crippen molar-refractivity contribution in [1.29, 1.82) is 0 Å². The summed E-state index contributed by atoms with van der Waals surface area (Å²) in [4.78, 5) is 10.8. The first kappa shape index (κ1) is 49.8. The summed E-state index contributed by atoms with van der Waals surface area (Å²) < 4.78 is 299. The molecular formula is C41H19BF20O2S. The number of halogens is 20. The number of ether oxygens (including phenoxy) is 1. The maximum absolute atomic E-state index is 15.4. The predicted octanol–water partition coefficient (Wildman–Crippen LogP) is 9.28. The van der Waals surface area contributed by atoms with E-state index in [0.717, 1.165) is 11.5 Å². The molecule has 24 heteroatoms. The lowest BCUT2D eigenvalue weighted by Gasteiger charge is -2.44. The molecular weight excluding hydrogens is 947 g/mol. The van der Waals surface area contributed by atoms with E-state index in [0.29, 0.717) is 5.75 Å². The van der Waals surface area contributed by atoms with Crippen LogP contribution in [0.4, 0.5) is 87.8 Å². The highest BCUT2D eigenvalue weighted by atomic mass is 32.2. The average molecular weight is 966 g/mol. The number of benzene rings is 6. The van der Waals surface area contributed by atoms with Gasteiger partial charge in [-0.3, -0.25) is 4.79 Å². The van der Waals surface area contributed by atoms with Gasteiger partial charge in [-0.25, -0.2) is 87.8 Å². The molecule has 0 fully saturated rings. The Hall–Kier alpha value is -6.20. The van der Waals surface area contributed by atoms with Crippen LogP contribution in [0.25, 0.3) is 0 Å². The maximum atomic E-state index is 15.4. The van der Waals surface area contributed by atoms with Crippen LogP contribution in [0.2, 0.25) is 0 Å². The number of carbonyl (C=O) groups excluding carboxylic acids is 1. The Morgan fingerprint density at radius 1 is 0.415 bits per heavy atom. The highest BCUT2D eigenvalue weighted by molar-refractivity contribution is 7.76. The van der Waals surface area contributed by atoms with Crippen LogP contribution in [0.3, 0.4) is 0 Å². The van der Waals surface area contributed by atoms with E-state index in [4.69, 9.17) is 4.74 Å². The smallest absolute Gasteiger partial charge is 0.308 e. The Balaban J connectivity index is 0.000000330. The third-order valence-electron chi connectivity index (χ3n) is 9.73. The molecule has 6 aromatic rings. The molecule has 6 aromatic carbocycles. The second-order valence-corrected chi connectivity index (χ2v) is 14.6. The van der Waals surface area contributed by atoms with Crippen molar-refractivity contribution >= 4 is 45.7 Å². The van der Waals surface area contributed by atoms with Gasteiger partial charge in [-0.1, -0.05) is 36.4 Å². The SMILES string of the molecule is CC(=O)Oc1ccc(C[SH+]Cc2ccccc2C)cc1.Fc1c(F)c(F)c([B-](c2c(F)c(F)c(F)c(F)c2F)(c2c(F)c(F)c(F)c(F)c2F)c2c(F)c(F)c(F)c(F)c2F)c(F)c1F. The molecule has 0 aliphatic carbocycles. The van der Waals surface area contributed by atoms with Crippen molar-refractivity contribution in [3.63, 3.8) is 0 Å². The molecule has 0 radical (unpaired) electrons. The molecule has 0 heterocycles. The number of thiol groups is 1. The first-order valence-electron chi connectivity index (χ1n) is 17.5. The summed E-state index contributed by atoms with van der Waals surface area (Å²) in [5.41, 5.74) is -10.3. The zero-order chi connectivity index (χ0) is 48.7. The van der Waals surface area contributed by atoms with E-state index in [1.807, 2.05) is 24.3 Å². The fraction of sp³-hybridized carbons (Fsp3) is 0.0976. The minimum Gasteiger partial charge on any atom is -0.427 e. The Bertz CT molecular complexity index is 2490. The molecule has 65 heavy (non-hydrogen) atoms. The number of hydrogen-bond donors (Lipinski definition) is 0. The van der Waals surface area contributed by atoms with Crippen LogP contribution in [-0.2, 0) is 28.1 Å². The van der Waals surface area contributed by atoms with Crippen LogP contribution in [0.15, 0.2) is 48.5 Å². The molecule has 0 bridgehead atoms. The minimum absolute atomic E-state index is 0.282. The van der Waals surface area contributed by atoms with Crippen molar-refractivity contribution in [2.24, 2.45) is 0 Å². The lowest BCUT2D eigenvalue weighted by molar-refractivity contribution is -0.131. The number of esters is 1. The van der Waals surface area contributed by atoms with Gasteiger partial charge in [0.05, 0.1) is 0 Å². The third kappa shape index (κ3) is 8.59. The topological polar surface area (TPSA) is 26.3 Å². The van der Waals surface area contributed by atoms with Crippen molar-refractivity contribution < 1.29 is 97.3 Å². The second kappa shape index (κ2) is 19.1. The molecule has 0 N–H and O–H groups in total. The van der Waals surface area contributed by atoms with Gasteiger partial charge in [-0.2, -0.15) is 0 Å². The fourth-order valence-corrected chi connectivity index (χ4v) is 7.97. The van der Waals surface area contributed by atoms with Crippen LogP contribution < -0.4 is 26.6 Å². The van der Waals surface area contributed by atoms with E-state index in [1.54, 1.807) is 0 Å². The summed E-state index contributed by atoms with van der Waals surface area (Å²) in [7, 11) is 0. The number of rotatable bonds is 9. The third-order valence-corrected chi connectivity index (χ3v) is 10.9. The molecule has 0 spiro atoms. The van der Waals surface area contributed by atoms with Crippen LogP contribution >= 0.6 is 0 Å². The first-order valence-corrected chi connectivity index (χ1v) is 18.8. The molecule has 0 aliphatic rings. The zero-order valence-electron chi connectivity index (χ0n) is 31.9. The Morgan fingerprint density at radius 2 is 0.692 bits per heavy atom. The van der Waals surface area contributed by atoms with Gasteiger partial charge < -0.3 is 4.74 Å². The van der Waals surface area contributed by atoms with Crippen molar-refractivity contribution in [2.75, 3.05) is 0 Å². The lowest BCUT2D eigenvalue weighted by Crippen LogP contribution is -2.81. The van der Waals surface area contributed by atoms with Gasteiger partial charge in [0.25, 0.3) is 0 Å². The molecule has 0 aromatic heterocycles. The Labute approximate surface area is 355 Å². The summed E-state index contributed by atoms with van der Waals surface area (Å²) in [6.45, 7) is 3.56. The highest BCUT2D eigenvalue weighted by Crippen LogP contribution is 2.31. The summed E-state index contributed by atoms with van der Waals surface area (Å²) in [6, 6.07) is 16.2. The van der Waals surface area contributed by atoms with Crippen molar-refractivity contribution in [3.05, 3.63) is 182 Å². The van der Waals surface area contributed by atoms with E-state index in [9.17, 15) is 57.5 Å². The van der Waals surface area contributed by atoms with Gasteiger partial charge in [0, 0.05) is 18.1 Å². The van der Waals surface area contributed by atoms with Crippen LogP contribution in [-0.4, -0.2) is 12.1 Å². The fourth-order valence-electron chi connectivity index (χ4n) is 6.80. The molecule has 0 amide bonds. The molecule has 0 aliphatic heterocycles. The number of carbonyl (C=O) groups is 1. The second-order valence-electron chi connectivity index (χ2n) is 13.5. The molecule has 2 nitrogen and oxygen atoms in total. The summed E-state index contributed by atoms with van der Waals surface area (Å²) in [5.74, 6) is -69.0. The Kier molecular flexibility index (Phi) is 14.6. The van der Waals surface area contributed by atoms with E-state index in [-0.39, 0.29) is 5.97 Å². The van der Waals surface area contributed by atoms with Gasteiger partial charge in [-0.15, -0.1) is 21.9 Å². The van der Waals surface area contributed by atoms with E-state index < -0.39 is 144 Å². The average Bonchev–Trinajstić information content (AvgIpc) is 3.27. The van der Waals surface area contributed by atoms with Crippen molar-refractivity contribution in [1.82, 2.24) is 0 Å². The van der Waals surface area contributed by atoms with Gasteiger partial charge in [-0.05, 0) is 36.4 Å². The molecule has 6 rings (SSSR count). The molecule has 0 saturated heterocycles. The monoisotopic (exact) mass is 966 g/mol. The van der Waals surface area contributed by atoms with Crippen LogP contribution in [0.1, 0.15) is 23.6 Å². The van der Waals surface area contributed by atoms with Gasteiger partial charge >= 0.3 is 5.97 Å².